The molecule has 0 heterocycles. The summed E-state index contributed by atoms with van der Waals surface area (Å²) in [5.41, 5.74) is 5.59. The van der Waals surface area contributed by atoms with Crippen LogP contribution in [0.15, 0.2) is 24.3 Å². The number of carboxylic acid groups (broad SMARTS) is 2. The van der Waals surface area contributed by atoms with Gasteiger partial charge in [0.15, 0.2) is 0 Å². The quantitative estimate of drug-likeness (QED) is 0.0365. The number of aliphatic carboxylic acids is 2. The van der Waals surface area contributed by atoms with Gasteiger partial charge in [-0.25, -0.2) is 0 Å². The van der Waals surface area contributed by atoms with Crippen LogP contribution >= 0.6 is 0 Å². The lowest BCUT2D eigenvalue weighted by atomic mass is 9.85. The molecule has 0 radical (unpaired) electrons. The maximum Gasteiger partial charge on any atom is 0.303 e. The van der Waals surface area contributed by atoms with E-state index in [0.29, 0.717) is 31.2 Å². The van der Waals surface area contributed by atoms with Crippen LogP contribution in [0.4, 0.5) is 0 Å². The second kappa shape index (κ2) is 29.3. The van der Waals surface area contributed by atoms with Gasteiger partial charge in [-0.3, -0.25) is 52.7 Å². The maximum atomic E-state index is 14.4. The summed E-state index contributed by atoms with van der Waals surface area (Å²) in [5, 5.41) is 36.8. The minimum Gasteiger partial charge on any atom is -0.481 e. The van der Waals surface area contributed by atoms with Crippen LogP contribution in [0.3, 0.4) is 0 Å². The number of hydrogen-bond donors (Lipinski definition) is 10. The highest BCUT2D eigenvalue weighted by Gasteiger charge is 2.38. The smallest absolute Gasteiger partial charge is 0.303 e. The lowest BCUT2D eigenvalue weighted by Crippen LogP contribution is -2.62. The van der Waals surface area contributed by atoms with Crippen LogP contribution in [0.5, 0.6) is 0 Å². The van der Waals surface area contributed by atoms with Crippen LogP contribution in [-0.4, -0.2) is 118 Å². The number of carbonyl (C=O) groups is 11. The van der Waals surface area contributed by atoms with E-state index in [1.807, 2.05) is 6.92 Å². The van der Waals surface area contributed by atoms with E-state index in [9.17, 15) is 57.8 Å². The van der Waals surface area contributed by atoms with E-state index < -0.39 is 126 Å². The zero-order valence-electron chi connectivity index (χ0n) is 40.0. The van der Waals surface area contributed by atoms with Crippen molar-refractivity contribution in [3.8, 4) is 0 Å². The number of benzene rings is 1. The van der Waals surface area contributed by atoms with Crippen LogP contribution in [0.25, 0.3) is 0 Å². The van der Waals surface area contributed by atoms with Crippen LogP contribution in [-0.2, 0) is 59.2 Å². The van der Waals surface area contributed by atoms with Gasteiger partial charge in [-0.1, -0.05) is 78.6 Å². The molecule has 0 aromatic heterocycles. The standard InChI is InChI=1S/C46H72N8O13/c1-9-10-17-30(38(61)40(47)62)50-43(65)33(24-26(2)3)53-45(67)39(46(6,7)8)54-44(66)34(25-29-16-12-11-15-27(29)4)52-42(64)32(19-21-36(57)58)51-41(63)31(18-13-14-23-48-28(5)55)49-35(56)20-22-37(59)60/h11-12,15-16,26,30-34,39H,9-10,13-14,17-25H2,1-8H3,(H2,47,62)(H,48,55)(H,49,56)(H,50,65)(H,51,63)(H,52,64)(H,53,67)(H,54,66)(H,57,58)(H,59,60)/t30?,31-,32-,33-,34-,39+/m0/s1. The molecule has 21 heteroatoms. The molecule has 0 saturated heterocycles. The molecule has 0 fully saturated rings. The summed E-state index contributed by atoms with van der Waals surface area (Å²) in [6, 6.07) is -1.14. The number of unbranched alkanes of at least 4 members (excludes halogenated alkanes) is 2. The van der Waals surface area contributed by atoms with Gasteiger partial charge < -0.3 is 53.2 Å². The Morgan fingerprint density at radius 2 is 1.15 bits per heavy atom. The number of nitrogens with one attached hydrogen (secondary N) is 7. The molecule has 374 valence electrons. The summed E-state index contributed by atoms with van der Waals surface area (Å²) < 4.78 is 0. The van der Waals surface area contributed by atoms with Crippen molar-refractivity contribution < 1.29 is 63.0 Å². The number of primary amides is 1. The van der Waals surface area contributed by atoms with Gasteiger partial charge in [-0.2, -0.15) is 0 Å². The molecule has 1 aromatic rings. The van der Waals surface area contributed by atoms with Crippen molar-refractivity contribution in [1.29, 1.82) is 0 Å². The third-order valence-corrected chi connectivity index (χ3v) is 10.6. The molecule has 0 bridgehead atoms. The minimum atomic E-state index is -1.58. The highest BCUT2D eigenvalue weighted by atomic mass is 16.4. The first-order valence-corrected chi connectivity index (χ1v) is 22.6. The van der Waals surface area contributed by atoms with Gasteiger partial charge in [0.25, 0.3) is 5.91 Å². The Morgan fingerprint density at radius 3 is 1.69 bits per heavy atom. The zero-order valence-corrected chi connectivity index (χ0v) is 40.0. The Bertz CT molecular complexity index is 1920. The fourth-order valence-corrected chi connectivity index (χ4v) is 6.84. The van der Waals surface area contributed by atoms with Gasteiger partial charge in [0.05, 0.1) is 12.5 Å². The Balaban J connectivity index is 3.60. The van der Waals surface area contributed by atoms with E-state index in [4.69, 9.17) is 10.8 Å². The Morgan fingerprint density at radius 1 is 0.627 bits per heavy atom. The minimum absolute atomic E-state index is 0.00328. The van der Waals surface area contributed by atoms with Crippen molar-refractivity contribution in [3.05, 3.63) is 35.4 Å². The zero-order chi connectivity index (χ0) is 51.0. The van der Waals surface area contributed by atoms with E-state index in [2.05, 4.69) is 37.2 Å². The van der Waals surface area contributed by atoms with Crippen molar-refractivity contribution >= 4 is 65.0 Å². The Kier molecular flexibility index (Phi) is 25.6. The molecule has 6 atom stereocenters. The average Bonchev–Trinajstić information content (AvgIpc) is 3.23. The summed E-state index contributed by atoms with van der Waals surface area (Å²) in [6.45, 7) is 13.8. The third-order valence-electron chi connectivity index (χ3n) is 10.6. The number of aryl methyl sites for hydroxylation is 1. The number of carbonyl (C=O) groups excluding carboxylic acids is 9. The Hall–Kier alpha value is -6.41. The molecule has 0 spiro atoms. The third kappa shape index (κ3) is 23.1. The molecular formula is C46H72N8O13. The molecule has 0 aliphatic heterocycles. The normalized spacial score (nSPS) is 13.9. The molecule has 0 aliphatic rings. The number of rotatable bonds is 31. The molecule has 11 N–H and O–H groups in total. The molecule has 1 rings (SSSR count). The highest BCUT2D eigenvalue weighted by molar-refractivity contribution is 6.37. The molecule has 1 aromatic carbocycles. The number of hydrogen-bond acceptors (Lipinski definition) is 11. The van der Waals surface area contributed by atoms with Crippen molar-refractivity contribution in [2.45, 2.75) is 169 Å². The van der Waals surface area contributed by atoms with Crippen molar-refractivity contribution in [1.82, 2.24) is 37.2 Å². The fraction of sp³-hybridized carbons (Fsp3) is 0.630. The van der Waals surface area contributed by atoms with Crippen LogP contribution in [0.1, 0.15) is 130 Å². The topological polar surface area (TPSA) is 338 Å². The number of Topliss-reactive ketones (excluding diaryl/α,β-unsaturated/α-hetero) is 1. The van der Waals surface area contributed by atoms with E-state index in [1.54, 1.807) is 65.8 Å². The van der Waals surface area contributed by atoms with Crippen LogP contribution in [0.2, 0.25) is 0 Å². The first kappa shape index (κ1) is 58.6. The van der Waals surface area contributed by atoms with Crippen molar-refractivity contribution in [2.24, 2.45) is 17.1 Å². The molecular weight excluding hydrogens is 873 g/mol. The lowest BCUT2D eigenvalue weighted by molar-refractivity contribution is -0.140. The second-order valence-corrected chi connectivity index (χ2v) is 18.1. The van der Waals surface area contributed by atoms with E-state index in [0.717, 1.165) is 5.56 Å². The van der Waals surface area contributed by atoms with Gasteiger partial charge >= 0.3 is 11.9 Å². The predicted molar refractivity (Wildman–Crippen MR) is 245 cm³/mol. The molecule has 0 aliphatic carbocycles. The number of amides is 8. The lowest BCUT2D eigenvalue weighted by Gasteiger charge is -2.34. The molecule has 8 amide bonds. The van der Waals surface area contributed by atoms with Gasteiger partial charge in [0.1, 0.15) is 30.2 Å². The highest BCUT2D eigenvalue weighted by Crippen LogP contribution is 2.21. The van der Waals surface area contributed by atoms with Crippen LogP contribution in [0, 0.1) is 18.3 Å². The summed E-state index contributed by atoms with van der Waals surface area (Å²) in [6.07, 6.45) is -0.108. The summed E-state index contributed by atoms with van der Waals surface area (Å²) in [7, 11) is 0. The van der Waals surface area contributed by atoms with E-state index in [1.165, 1.54) is 6.92 Å². The summed E-state index contributed by atoms with van der Waals surface area (Å²) in [5.74, 6) is -10.2. The maximum absolute atomic E-state index is 14.4. The van der Waals surface area contributed by atoms with E-state index in [-0.39, 0.29) is 44.1 Å². The predicted octanol–water partition coefficient (Wildman–Crippen LogP) is 0.819. The van der Waals surface area contributed by atoms with Gasteiger partial charge in [-0.15, -0.1) is 0 Å². The SMILES string of the molecule is CCCCC(NC(=O)[C@H](CC(C)C)NC(=O)[C@@H](NC(=O)[C@H](Cc1ccccc1C)NC(=O)[C@H](CCC(=O)O)NC(=O)[C@H](CCCCNC(C)=O)NC(=O)CCC(=O)O)C(C)(C)C)C(=O)C(N)=O. The molecule has 21 nitrogen and oxygen atoms in total. The second-order valence-electron chi connectivity index (χ2n) is 18.1. The van der Waals surface area contributed by atoms with Crippen LogP contribution < -0.4 is 43.0 Å². The van der Waals surface area contributed by atoms with Gasteiger partial charge in [0.2, 0.25) is 47.1 Å². The van der Waals surface area contributed by atoms with Gasteiger partial charge in [0, 0.05) is 32.7 Å². The molecule has 1 unspecified atom stereocenters. The Labute approximate surface area is 392 Å². The summed E-state index contributed by atoms with van der Waals surface area (Å²) >= 11 is 0. The molecule has 67 heavy (non-hydrogen) atoms. The number of carboxylic acids is 2. The monoisotopic (exact) mass is 945 g/mol. The number of nitrogens with two attached hydrogens (primary N) is 1. The number of ketones is 1. The first-order valence-electron chi connectivity index (χ1n) is 22.6. The molecule has 0 saturated carbocycles. The average molecular weight is 945 g/mol. The fourth-order valence-electron chi connectivity index (χ4n) is 6.84. The van der Waals surface area contributed by atoms with Gasteiger partial charge in [-0.05, 0) is 67.9 Å². The first-order chi connectivity index (χ1) is 31.3. The summed E-state index contributed by atoms with van der Waals surface area (Å²) in [4.78, 5) is 142. The van der Waals surface area contributed by atoms with E-state index >= 15 is 0 Å². The van der Waals surface area contributed by atoms with Crippen molar-refractivity contribution in [2.75, 3.05) is 6.54 Å². The largest absolute Gasteiger partial charge is 0.481 e. The van der Waals surface area contributed by atoms with Crippen molar-refractivity contribution in [3.63, 3.8) is 0 Å².